The van der Waals surface area contributed by atoms with Gasteiger partial charge in [-0.25, -0.2) is 0 Å². The Morgan fingerprint density at radius 3 is 1.62 bits per heavy atom. The van der Waals surface area contributed by atoms with Gasteiger partial charge in [-0.1, -0.05) is 81.4 Å². The van der Waals surface area contributed by atoms with E-state index in [0.717, 1.165) is 0 Å². The maximum absolute atomic E-state index is 7.28. The van der Waals surface area contributed by atoms with Crippen molar-refractivity contribution in [2.75, 3.05) is 0 Å². The summed E-state index contributed by atoms with van der Waals surface area (Å²) in [6.45, 7) is 7.14. The van der Waals surface area contributed by atoms with Crippen LogP contribution in [0.2, 0.25) is 5.04 Å². The summed E-state index contributed by atoms with van der Waals surface area (Å²) in [4.78, 5) is 0. The summed E-state index contributed by atoms with van der Waals surface area (Å²) in [5.41, 5.74) is 0.714. The molecule has 0 saturated heterocycles. The van der Waals surface area contributed by atoms with Crippen LogP contribution in [0.5, 0.6) is 0 Å². The normalized spacial score (nSPS) is 20.3. The van der Waals surface area contributed by atoms with E-state index in [0.29, 0.717) is 11.5 Å². The minimum atomic E-state index is -2.36. The molecule has 0 atom stereocenters. The van der Waals surface area contributed by atoms with E-state index in [1.54, 1.807) is 0 Å². The summed E-state index contributed by atoms with van der Waals surface area (Å²) >= 11 is 0. The second-order valence-electron chi connectivity index (χ2n) is 9.48. The molecular weight excluding hydrogens is 332 g/mol. The van der Waals surface area contributed by atoms with Crippen LogP contribution in [0.3, 0.4) is 0 Å². The lowest BCUT2D eigenvalue weighted by atomic mass is 9.85. The number of hydrogen-bond acceptors (Lipinski definition) is 1. The minimum Gasteiger partial charge on any atom is -0.404 e. The first-order chi connectivity index (χ1) is 12.5. The highest BCUT2D eigenvalue weighted by Gasteiger charge is 2.53. The van der Waals surface area contributed by atoms with Gasteiger partial charge in [-0.15, -0.1) is 0 Å². The van der Waals surface area contributed by atoms with Gasteiger partial charge >= 0.3 is 0 Å². The van der Waals surface area contributed by atoms with Crippen molar-refractivity contribution in [3.8, 4) is 0 Å². The summed E-state index contributed by atoms with van der Waals surface area (Å²) < 4.78 is 7.28. The Hall–Kier alpha value is -1.38. The molecule has 0 amide bonds. The fourth-order valence-electron chi connectivity index (χ4n) is 4.94. The molecular formula is C24H32OSi. The molecule has 2 heteroatoms. The second-order valence-corrected chi connectivity index (χ2v) is 13.7. The smallest absolute Gasteiger partial charge is 0.261 e. The summed E-state index contributed by atoms with van der Waals surface area (Å²) in [6.07, 6.45) is 8.55. The zero-order valence-electron chi connectivity index (χ0n) is 16.5. The van der Waals surface area contributed by atoms with Crippen molar-refractivity contribution < 1.29 is 4.43 Å². The second kappa shape index (κ2) is 6.65. The third-order valence-electron chi connectivity index (χ3n) is 6.71. The third kappa shape index (κ3) is 3.18. The minimum absolute atomic E-state index is 0.0877. The van der Waals surface area contributed by atoms with E-state index in [2.05, 4.69) is 81.4 Å². The molecule has 0 N–H and O–H groups in total. The molecule has 0 bridgehead atoms. The van der Waals surface area contributed by atoms with Gasteiger partial charge in [0, 0.05) is 6.10 Å². The van der Waals surface area contributed by atoms with Gasteiger partial charge < -0.3 is 4.43 Å². The fourth-order valence-corrected chi connectivity index (χ4v) is 9.69. The molecule has 1 spiro atoms. The number of rotatable bonds is 4. The Balaban J connectivity index is 1.75. The van der Waals surface area contributed by atoms with E-state index in [1.165, 1.54) is 48.9 Å². The monoisotopic (exact) mass is 364 g/mol. The van der Waals surface area contributed by atoms with Gasteiger partial charge in [-0.2, -0.15) is 0 Å². The van der Waals surface area contributed by atoms with Crippen LogP contribution in [0.1, 0.15) is 59.3 Å². The van der Waals surface area contributed by atoms with Gasteiger partial charge in [0.15, 0.2) is 0 Å². The molecule has 2 fully saturated rings. The van der Waals surface area contributed by atoms with Crippen molar-refractivity contribution in [1.82, 2.24) is 0 Å². The molecule has 26 heavy (non-hydrogen) atoms. The van der Waals surface area contributed by atoms with Crippen molar-refractivity contribution in [2.24, 2.45) is 5.41 Å². The summed E-state index contributed by atoms with van der Waals surface area (Å²) in [5.74, 6) is 0. The SMILES string of the molecule is CC(C)(C)[Si](OC1CCC2(CC1)CC2)(c1ccccc1)c1ccccc1. The maximum atomic E-state index is 7.28. The van der Waals surface area contributed by atoms with Gasteiger partial charge in [0.05, 0.1) is 0 Å². The van der Waals surface area contributed by atoms with Gasteiger partial charge in [0.1, 0.15) is 0 Å². The molecule has 2 aromatic rings. The summed E-state index contributed by atoms with van der Waals surface area (Å²) in [7, 11) is -2.36. The van der Waals surface area contributed by atoms with Crippen LogP contribution < -0.4 is 10.4 Å². The highest BCUT2D eigenvalue weighted by atomic mass is 28.4. The van der Waals surface area contributed by atoms with Crippen LogP contribution >= 0.6 is 0 Å². The van der Waals surface area contributed by atoms with E-state index in [1.807, 2.05) is 0 Å². The van der Waals surface area contributed by atoms with Crippen LogP contribution in [-0.2, 0) is 4.43 Å². The first-order valence-corrected chi connectivity index (χ1v) is 12.2. The predicted molar refractivity (Wildman–Crippen MR) is 113 cm³/mol. The molecule has 0 radical (unpaired) electrons. The molecule has 0 heterocycles. The zero-order chi connectivity index (χ0) is 18.3. The Bertz CT molecular complexity index is 678. The quantitative estimate of drug-likeness (QED) is 0.670. The number of hydrogen-bond donors (Lipinski definition) is 0. The molecule has 2 aliphatic rings. The van der Waals surface area contributed by atoms with Crippen LogP contribution in [0.15, 0.2) is 60.7 Å². The van der Waals surface area contributed by atoms with Gasteiger partial charge in [-0.3, -0.25) is 0 Å². The zero-order valence-corrected chi connectivity index (χ0v) is 17.5. The van der Waals surface area contributed by atoms with Crippen molar-refractivity contribution in [2.45, 2.75) is 70.4 Å². The number of benzene rings is 2. The highest BCUT2D eigenvalue weighted by Crippen LogP contribution is 2.56. The van der Waals surface area contributed by atoms with Crippen molar-refractivity contribution >= 4 is 18.7 Å². The van der Waals surface area contributed by atoms with Gasteiger partial charge in [0.25, 0.3) is 8.32 Å². The van der Waals surface area contributed by atoms with Gasteiger partial charge in [-0.05, 0) is 59.4 Å². The standard InChI is InChI=1S/C24H32OSi/c1-23(2,3)26(21-10-6-4-7-11-21,22-12-8-5-9-13-22)25-20-14-16-24(17-15-20)18-19-24/h4-13,20H,14-19H2,1-3H3. The average molecular weight is 365 g/mol. The van der Waals surface area contributed by atoms with Crippen molar-refractivity contribution in [3.63, 3.8) is 0 Å². The topological polar surface area (TPSA) is 9.23 Å². The first-order valence-electron chi connectivity index (χ1n) is 10.2. The molecule has 1 nitrogen and oxygen atoms in total. The third-order valence-corrected chi connectivity index (χ3v) is 11.8. The Labute approximate surface area is 159 Å². The molecule has 0 aromatic heterocycles. The Morgan fingerprint density at radius 2 is 1.23 bits per heavy atom. The van der Waals surface area contributed by atoms with Gasteiger partial charge in [0.2, 0.25) is 0 Å². The fraction of sp³-hybridized carbons (Fsp3) is 0.500. The lowest BCUT2D eigenvalue weighted by Crippen LogP contribution is -2.67. The van der Waals surface area contributed by atoms with E-state index >= 15 is 0 Å². The lowest BCUT2D eigenvalue weighted by molar-refractivity contribution is 0.114. The van der Waals surface area contributed by atoms with Crippen LogP contribution in [0.25, 0.3) is 0 Å². The molecule has 0 unspecified atom stereocenters. The van der Waals surface area contributed by atoms with Crippen molar-refractivity contribution in [3.05, 3.63) is 60.7 Å². The van der Waals surface area contributed by atoms with E-state index in [4.69, 9.17) is 4.43 Å². The Kier molecular flexibility index (Phi) is 4.61. The molecule has 138 valence electrons. The lowest BCUT2D eigenvalue weighted by Gasteiger charge is -2.46. The molecule has 2 aromatic carbocycles. The molecule has 4 rings (SSSR count). The van der Waals surface area contributed by atoms with Crippen molar-refractivity contribution in [1.29, 1.82) is 0 Å². The Morgan fingerprint density at radius 1 is 0.769 bits per heavy atom. The first kappa shape index (κ1) is 18.0. The predicted octanol–water partition coefficient (Wildman–Crippen LogP) is 5.29. The van der Waals surface area contributed by atoms with E-state index in [9.17, 15) is 0 Å². The maximum Gasteiger partial charge on any atom is 0.261 e. The van der Waals surface area contributed by atoms with Crippen LogP contribution in [-0.4, -0.2) is 14.4 Å². The summed E-state index contributed by atoms with van der Waals surface area (Å²) in [6, 6.07) is 22.1. The van der Waals surface area contributed by atoms with E-state index in [-0.39, 0.29) is 5.04 Å². The van der Waals surface area contributed by atoms with Crippen LogP contribution in [0.4, 0.5) is 0 Å². The molecule has 0 aliphatic heterocycles. The van der Waals surface area contributed by atoms with Crippen LogP contribution in [0, 0.1) is 5.41 Å². The summed E-state index contributed by atoms with van der Waals surface area (Å²) in [5, 5.41) is 2.90. The highest BCUT2D eigenvalue weighted by molar-refractivity contribution is 6.99. The van der Waals surface area contributed by atoms with E-state index < -0.39 is 8.32 Å². The molecule has 2 saturated carbocycles. The molecule has 2 aliphatic carbocycles. The largest absolute Gasteiger partial charge is 0.404 e. The average Bonchev–Trinajstić information content (AvgIpc) is 3.41.